The maximum Gasteiger partial charge on any atom is 0.128 e. The summed E-state index contributed by atoms with van der Waals surface area (Å²) < 4.78 is 6.40. The number of rotatable bonds is 7. The zero-order valence-electron chi connectivity index (χ0n) is 16.0. The number of hydrogen-bond donors (Lipinski definition) is 2. The minimum absolute atomic E-state index is 0.282. The molecule has 138 valence electrons. The highest BCUT2D eigenvalue weighted by Gasteiger charge is 2.34. The molecule has 1 aromatic carbocycles. The maximum absolute atomic E-state index is 10.9. The molecule has 25 heavy (non-hydrogen) atoms. The molecule has 3 nitrogen and oxygen atoms in total. The van der Waals surface area contributed by atoms with E-state index in [1.54, 1.807) is 21.0 Å². The number of aryl methyl sites for hydroxylation is 1. The largest absolute Gasteiger partial charge is 0.389 e. The van der Waals surface area contributed by atoms with Gasteiger partial charge in [0, 0.05) is 17.5 Å². The highest BCUT2D eigenvalue weighted by atomic mass is 79.9. The standard InChI is InChI=1S/C21H30BrNO2/c1-7-17(22)12-15(3)13-18(20(23)25-6)19(21(4,5)24)16-10-8-14(2)9-11-16/h7-13,19-20,24H,23H2,1-6H3. The Bertz CT molecular complexity index is 651. The van der Waals surface area contributed by atoms with E-state index >= 15 is 0 Å². The number of hydrogen-bond acceptors (Lipinski definition) is 3. The van der Waals surface area contributed by atoms with Gasteiger partial charge in [0.05, 0.1) is 5.60 Å². The van der Waals surface area contributed by atoms with Gasteiger partial charge in [-0.05, 0) is 57.4 Å². The van der Waals surface area contributed by atoms with Gasteiger partial charge in [-0.15, -0.1) is 0 Å². The number of halogens is 1. The lowest BCUT2D eigenvalue weighted by Gasteiger charge is -2.34. The molecule has 0 aromatic heterocycles. The number of benzene rings is 1. The highest BCUT2D eigenvalue weighted by molar-refractivity contribution is 9.11. The fourth-order valence-electron chi connectivity index (χ4n) is 2.84. The van der Waals surface area contributed by atoms with E-state index in [9.17, 15) is 5.11 Å². The Kier molecular flexibility index (Phi) is 8.29. The van der Waals surface area contributed by atoms with Gasteiger partial charge in [0.25, 0.3) is 0 Å². The first-order valence-corrected chi connectivity index (χ1v) is 9.18. The molecule has 4 heteroatoms. The van der Waals surface area contributed by atoms with Gasteiger partial charge in [0.15, 0.2) is 0 Å². The maximum atomic E-state index is 10.9. The molecule has 0 saturated carbocycles. The van der Waals surface area contributed by atoms with Crippen LogP contribution in [0.2, 0.25) is 0 Å². The monoisotopic (exact) mass is 407 g/mol. The molecule has 3 N–H and O–H groups in total. The second-order valence-corrected chi connectivity index (χ2v) is 7.78. The van der Waals surface area contributed by atoms with Gasteiger partial charge in [-0.1, -0.05) is 57.9 Å². The smallest absolute Gasteiger partial charge is 0.128 e. The molecule has 0 spiro atoms. The van der Waals surface area contributed by atoms with Crippen molar-refractivity contribution in [2.45, 2.75) is 52.4 Å². The second-order valence-electron chi connectivity index (χ2n) is 6.86. The van der Waals surface area contributed by atoms with Crippen molar-refractivity contribution in [1.82, 2.24) is 0 Å². The number of methoxy groups -OCH3 is 1. The van der Waals surface area contributed by atoms with Crippen molar-refractivity contribution in [2.24, 2.45) is 5.73 Å². The lowest BCUT2D eigenvalue weighted by atomic mass is 9.77. The lowest BCUT2D eigenvalue weighted by molar-refractivity contribution is 0.0459. The number of aliphatic hydroxyl groups is 1. The summed E-state index contributed by atoms with van der Waals surface area (Å²) in [5.74, 6) is -0.282. The van der Waals surface area contributed by atoms with Crippen molar-refractivity contribution < 1.29 is 9.84 Å². The third kappa shape index (κ3) is 6.55. The van der Waals surface area contributed by atoms with Gasteiger partial charge >= 0.3 is 0 Å². The molecule has 0 radical (unpaired) electrons. The van der Waals surface area contributed by atoms with Crippen molar-refractivity contribution in [1.29, 1.82) is 0 Å². The van der Waals surface area contributed by atoms with Crippen LogP contribution in [0.1, 0.15) is 44.7 Å². The van der Waals surface area contributed by atoms with Crippen LogP contribution in [0.4, 0.5) is 0 Å². The van der Waals surface area contributed by atoms with Crippen LogP contribution < -0.4 is 5.73 Å². The second kappa shape index (κ2) is 9.48. The quantitative estimate of drug-likeness (QED) is 0.496. The van der Waals surface area contributed by atoms with Crippen molar-refractivity contribution >= 4 is 15.9 Å². The minimum Gasteiger partial charge on any atom is -0.389 e. The van der Waals surface area contributed by atoms with E-state index < -0.39 is 11.8 Å². The Hall–Kier alpha value is -1.20. The van der Waals surface area contributed by atoms with Gasteiger partial charge in [-0.3, -0.25) is 0 Å². The van der Waals surface area contributed by atoms with Crippen LogP contribution >= 0.6 is 15.9 Å². The van der Waals surface area contributed by atoms with E-state index in [4.69, 9.17) is 10.5 Å². The predicted octanol–water partition coefficient (Wildman–Crippen LogP) is 4.95. The van der Waals surface area contributed by atoms with Crippen molar-refractivity contribution in [3.8, 4) is 0 Å². The summed E-state index contributed by atoms with van der Waals surface area (Å²) >= 11 is 3.49. The average Bonchev–Trinajstić information content (AvgIpc) is 2.53. The van der Waals surface area contributed by atoms with E-state index in [0.29, 0.717) is 0 Å². The molecular weight excluding hydrogens is 378 g/mol. The van der Waals surface area contributed by atoms with Crippen LogP contribution in [0.15, 0.2) is 58.1 Å². The fraction of sp³-hybridized carbons (Fsp3) is 0.429. The van der Waals surface area contributed by atoms with Crippen molar-refractivity contribution in [2.75, 3.05) is 7.11 Å². The van der Waals surface area contributed by atoms with Crippen LogP contribution in [0.5, 0.6) is 0 Å². The molecule has 1 rings (SSSR count). The fourth-order valence-corrected chi connectivity index (χ4v) is 3.20. The van der Waals surface area contributed by atoms with E-state index in [1.165, 1.54) is 5.56 Å². The van der Waals surface area contributed by atoms with Crippen LogP contribution in [-0.4, -0.2) is 24.0 Å². The van der Waals surface area contributed by atoms with E-state index in [2.05, 4.69) is 15.9 Å². The molecule has 0 amide bonds. The molecule has 2 atom stereocenters. The Morgan fingerprint density at radius 2 is 1.80 bits per heavy atom. The summed E-state index contributed by atoms with van der Waals surface area (Å²) in [5, 5.41) is 10.9. The first-order chi connectivity index (χ1) is 11.6. The predicted molar refractivity (Wildman–Crippen MR) is 110 cm³/mol. The van der Waals surface area contributed by atoms with Crippen LogP contribution in [0.25, 0.3) is 0 Å². The summed E-state index contributed by atoms with van der Waals surface area (Å²) in [5.41, 5.74) is 9.29. The zero-order chi connectivity index (χ0) is 19.2. The summed E-state index contributed by atoms with van der Waals surface area (Å²) in [4.78, 5) is 0. The summed E-state index contributed by atoms with van der Waals surface area (Å²) in [6.45, 7) is 9.61. The van der Waals surface area contributed by atoms with Crippen molar-refractivity contribution in [3.63, 3.8) is 0 Å². The number of allylic oxidation sites excluding steroid dienone is 5. The van der Waals surface area contributed by atoms with Gasteiger partial charge in [-0.2, -0.15) is 0 Å². The van der Waals surface area contributed by atoms with Crippen molar-refractivity contribution in [3.05, 3.63) is 69.2 Å². The van der Waals surface area contributed by atoms with Crippen LogP contribution in [0, 0.1) is 6.92 Å². The Morgan fingerprint density at radius 3 is 2.24 bits per heavy atom. The lowest BCUT2D eigenvalue weighted by Crippen LogP contribution is -2.38. The van der Waals surface area contributed by atoms with E-state index in [-0.39, 0.29) is 5.92 Å². The SMILES string of the molecule is CC=C(Br)C=C(C)C=C(C(N)OC)C(c1ccc(C)cc1)C(C)(C)O. The molecular formula is C21H30BrNO2. The average molecular weight is 408 g/mol. The van der Waals surface area contributed by atoms with Gasteiger partial charge < -0.3 is 15.6 Å². The van der Waals surface area contributed by atoms with E-state index in [1.807, 2.05) is 63.3 Å². The normalized spacial score (nSPS) is 16.8. The molecule has 0 aliphatic heterocycles. The molecule has 0 bridgehead atoms. The topological polar surface area (TPSA) is 55.5 Å². The summed E-state index contributed by atoms with van der Waals surface area (Å²) in [6.07, 6.45) is 5.38. The molecule has 1 aromatic rings. The Balaban J connectivity index is 3.51. The first kappa shape index (κ1) is 21.8. The van der Waals surface area contributed by atoms with Gasteiger partial charge in [0.1, 0.15) is 6.23 Å². The first-order valence-electron chi connectivity index (χ1n) is 8.39. The van der Waals surface area contributed by atoms with E-state index in [0.717, 1.165) is 21.2 Å². The number of ether oxygens (including phenoxy) is 1. The molecule has 2 unspecified atom stereocenters. The zero-order valence-corrected chi connectivity index (χ0v) is 17.6. The third-order valence-electron chi connectivity index (χ3n) is 4.07. The third-order valence-corrected chi connectivity index (χ3v) is 4.76. The Labute approximate surface area is 160 Å². The number of nitrogens with two attached hydrogens (primary N) is 1. The van der Waals surface area contributed by atoms with Crippen LogP contribution in [-0.2, 0) is 4.74 Å². The molecule has 0 aliphatic rings. The van der Waals surface area contributed by atoms with Crippen LogP contribution in [0.3, 0.4) is 0 Å². The molecule has 0 fully saturated rings. The Morgan fingerprint density at radius 1 is 1.24 bits per heavy atom. The summed E-state index contributed by atoms with van der Waals surface area (Å²) in [7, 11) is 1.58. The molecule has 0 heterocycles. The minimum atomic E-state index is -0.991. The van der Waals surface area contributed by atoms with Gasteiger partial charge in [0.2, 0.25) is 0 Å². The van der Waals surface area contributed by atoms with Gasteiger partial charge in [-0.25, -0.2) is 0 Å². The summed E-state index contributed by atoms with van der Waals surface area (Å²) in [6, 6.07) is 8.16. The molecule has 0 saturated heterocycles. The highest BCUT2D eigenvalue weighted by Crippen LogP contribution is 2.37. The molecule has 0 aliphatic carbocycles.